The summed E-state index contributed by atoms with van der Waals surface area (Å²) in [5, 5.41) is 2.43. The van der Waals surface area contributed by atoms with Gasteiger partial charge < -0.3 is 10.2 Å². The number of nitrogen functional groups attached to an aromatic ring is 1. The van der Waals surface area contributed by atoms with Gasteiger partial charge in [-0.1, -0.05) is 0 Å². The average Bonchev–Trinajstić information content (AvgIpc) is 2.37. The third-order valence-corrected chi connectivity index (χ3v) is 2.21. The van der Waals surface area contributed by atoms with E-state index in [0.717, 1.165) is 0 Å². The van der Waals surface area contributed by atoms with Crippen LogP contribution >= 0.6 is 0 Å². The summed E-state index contributed by atoms with van der Waals surface area (Å²) in [5.74, 6) is 5.82. The molecule has 0 saturated carbocycles. The lowest BCUT2D eigenvalue weighted by Gasteiger charge is -2.19. The van der Waals surface area contributed by atoms with Crippen molar-refractivity contribution < 1.29 is 8.78 Å². The highest BCUT2D eigenvalue weighted by atomic mass is 19.3. The van der Waals surface area contributed by atoms with E-state index < -0.39 is 13.0 Å². The second-order valence-corrected chi connectivity index (χ2v) is 3.37. The molecule has 0 aliphatic carbocycles. The molecule has 1 aromatic heterocycles. The lowest BCUT2D eigenvalue weighted by molar-refractivity contribution is 0.163. The Morgan fingerprint density at radius 3 is 2.28 bits per heavy atom. The van der Waals surface area contributed by atoms with Gasteiger partial charge in [0.1, 0.15) is 0 Å². The fraction of sp³-hybridized carbons (Fsp3) is 0.667. The maximum atomic E-state index is 12.1. The molecule has 0 aromatic carbocycles. The van der Waals surface area contributed by atoms with Crippen LogP contribution in [0.3, 0.4) is 0 Å². The van der Waals surface area contributed by atoms with Gasteiger partial charge >= 0.3 is 0 Å². The van der Waals surface area contributed by atoms with Crippen LogP contribution in [0.25, 0.3) is 0 Å². The first-order valence-corrected chi connectivity index (χ1v) is 5.60. The highest BCUT2D eigenvalue weighted by Crippen LogP contribution is 2.12. The number of hydrogen-bond acceptors (Lipinski definition) is 7. The van der Waals surface area contributed by atoms with Crippen molar-refractivity contribution in [3.63, 3.8) is 0 Å². The predicted octanol–water partition coefficient (Wildman–Crippen LogP) is 0.680. The Kier molecular flexibility index (Phi) is 5.43. The lowest BCUT2D eigenvalue weighted by atomic mass is 10.5. The van der Waals surface area contributed by atoms with Crippen molar-refractivity contribution in [3.05, 3.63) is 0 Å². The minimum Gasteiger partial charge on any atom is -0.348 e. The minimum absolute atomic E-state index is 0.0696. The molecule has 0 radical (unpaired) electrons. The number of aromatic nitrogens is 3. The van der Waals surface area contributed by atoms with Crippen LogP contribution in [0.4, 0.5) is 26.6 Å². The van der Waals surface area contributed by atoms with E-state index in [1.165, 1.54) is 0 Å². The van der Waals surface area contributed by atoms with Gasteiger partial charge in [-0.05, 0) is 13.8 Å². The number of rotatable bonds is 7. The zero-order valence-corrected chi connectivity index (χ0v) is 10.3. The van der Waals surface area contributed by atoms with E-state index >= 15 is 0 Å². The molecule has 0 saturated heterocycles. The van der Waals surface area contributed by atoms with E-state index in [1.807, 2.05) is 18.7 Å². The Morgan fingerprint density at radius 1 is 1.17 bits per heavy atom. The molecule has 0 atom stereocenters. The number of halogens is 2. The van der Waals surface area contributed by atoms with E-state index in [9.17, 15) is 8.78 Å². The number of hydrazine groups is 1. The second kappa shape index (κ2) is 6.84. The Labute approximate surface area is 104 Å². The van der Waals surface area contributed by atoms with Crippen LogP contribution in [0.15, 0.2) is 0 Å². The number of nitrogens with two attached hydrogens (primary N) is 1. The maximum Gasteiger partial charge on any atom is 0.255 e. The van der Waals surface area contributed by atoms with E-state index in [2.05, 4.69) is 25.7 Å². The number of nitrogens with zero attached hydrogens (tertiary/aromatic N) is 4. The SMILES string of the molecule is CCN(CC)c1nc(NN)nc(NCC(F)F)n1. The van der Waals surface area contributed by atoms with Crippen LogP contribution in [0.1, 0.15) is 13.8 Å². The summed E-state index contributed by atoms with van der Waals surface area (Å²) in [6.45, 7) is 4.74. The normalized spacial score (nSPS) is 10.6. The quantitative estimate of drug-likeness (QED) is 0.491. The molecule has 1 heterocycles. The van der Waals surface area contributed by atoms with Crippen molar-refractivity contribution in [2.24, 2.45) is 5.84 Å². The molecule has 9 heteroatoms. The molecule has 102 valence electrons. The van der Waals surface area contributed by atoms with Gasteiger partial charge in [0.05, 0.1) is 6.54 Å². The topological polar surface area (TPSA) is 92.0 Å². The Bertz CT molecular complexity index is 370. The van der Waals surface area contributed by atoms with Crippen LogP contribution < -0.4 is 21.5 Å². The van der Waals surface area contributed by atoms with E-state index in [4.69, 9.17) is 5.84 Å². The Balaban J connectivity index is 2.93. The van der Waals surface area contributed by atoms with Crippen molar-refractivity contribution in [1.29, 1.82) is 0 Å². The van der Waals surface area contributed by atoms with Crippen LogP contribution in [0.5, 0.6) is 0 Å². The molecule has 0 fully saturated rings. The summed E-state index contributed by atoms with van der Waals surface area (Å²) >= 11 is 0. The third kappa shape index (κ3) is 3.91. The molecule has 4 N–H and O–H groups in total. The second-order valence-electron chi connectivity index (χ2n) is 3.37. The molecule has 1 rings (SSSR count). The first-order valence-electron chi connectivity index (χ1n) is 5.60. The summed E-state index contributed by atoms with van der Waals surface area (Å²) in [6, 6.07) is 0. The van der Waals surface area contributed by atoms with Gasteiger partial charge in [-0.15, -0.1) is 0 Å². The van der Waals surface area contributed by atoms with Crippen LogP contribution in [-0.4, -0.2) is 41.0 Å². The molecule has 0 aliphatic rings. The Hall–Kier alpha value is -1.77. The van der Waals surface area contributed by atoms with E-state index in [0.29, 0.717) is 19.0 Å². The maximum absolute atomic E-state index is 12.1. The molecule has 0 aliphatic heterocycles. The molecule has 0 bridgehead atoms. The number of nitrogens with one attached hydrogen (secondary N) is 2. The first-order chi connectivity index (χ1) is 8.60. The van der Waals surface area contributed by atoms with Crippen molar-refractivity contribution in [1.82, 2.24) is 15.0 Å². The van der Waals surface area contributed by atoms with Crippen LogP contribution in [-0.2, 0) is 0 Å². The summed E-state index contributed by atoms with van der Waals surface area (Å²) in [4.78, 5) is 13.8. The fourth-order valence-electron chi connectivity index (χ4n) is 1.32. The average molecular weight is 261 g/mol. The monoisotopic (exact) mass is 261 g/mol. The van der Waals surface area contributed by atoms with Gasteiger partial charge in [0.15, 0.2) is 0 Å². The van der Waals surface area contributed by atoms with E-state index in [1.54, 1.807) is 0 Å². The Morgan fingerprint density at radius 2 is 1.78 bits per heavy atom. The number of hydrogen-bond donors (Lipinski definition) is 3. The highest BCUT2D eigenvalue weighted by molar-refractivity contribution is 5.43. The smallest absolute Gasteiger partial charge is 0.255 e. The minimum atomic E-state index is -2.48. The van der Waals surface area contributed by atoms with Gasteiger partial charge in [0.25, 0.3) is 6.43 Å². The summed E-state index contributed by atoms with van der Waals surface area (Å²) in [5.41, 5.74) is 2.28. The largest absolute Gasteiger partial charge is 0.348 e. The standard InChI is InChI=1S/C9H17F2N7/c1-3-18(4-2)9-15-7(13-5-6(10)11)14-8(16-9)17-12/h6H,3-5,12H2,1-2H3,(H2,13,14,15,16,17). The van der Waals surface area contributed by atoms with Crippen molar-refractivity contribution >= 4 is 17.8 Å². The van der Waals surface area contributed by atoms with Crippen LogP contribution in [0.2, 0.25) is 0 Å². The van der Waals surface area contributed by atoms with Crippen molar-refractivity contribution in [2.45, 2.75) is 20.3 Å². The van der Waals surface area contributed by atoms with Crippen molar-refractivity contribution in [2.75, 3.05) is 35.3 Å². The zero-order chi connectivity index (χ0) is 13.5. The fourth-order valence-corrected chi connectivity index (χ4v) is 1.32. The van der Waals surface area contributed by atoms with Crippen LogP contribution in [0, 0.1) is 0 Å². The van der Waals surface area contributed by atoms with Crippen molar-refractivity contribution in [3.8, 4) is 0 Å². The zero-order valence-electron chi connectivity index (χ0n) is 10.3. The predicted molar refractivity (Wildman–Crippen MR) is 65.7 cm³/mol. The molecular formula is C9H17F2N7. The molecule has 0 unspecified atom stereocenters. The molecule has 18 heavy (non-hydrogen) atoms. The van der Waals surface area contributed by atoms with Gasteiger partial charge in [0, 0.05) is 13.1 Å². The molecule has 0 spiro atoms. The third-order valence-electron chi connectivity index (χ3n) is 2.21. The molecule has 7 nitrogen and oxygen atoms in total. The summed E-state index contributed by atoms with van der Waals surface area (Å²) < 4.78 is 24.2. The number of anilines is 3. The lowest BCUT2D eigenvalue weighted by Crippen LogP contribution is -2.26. The van der Waals surface area contributed by atoms with Gasteiger partial charge in [-0.3, -0.25) is 5.43 Å². The van der Waals surface area contributed by atoms with Gasteiger partial charge in [-0.2, -0.15) is 15.0 Å². The van der Waals surface area contributed by atoms with Gasteiger partial charge in [0.2, 0.25) is 17.8 Å². The molecule has 0 amide bonds. The number of alkyl halides is 2. The highest BCUT2D eigenvalue weighted by Gasteiger charge is 2.11. The summed E-state index contributed by atoms with van der Waals surface area (Å²) in [7, 11) is 0. The molecule has 1 aromatic rings. The first kappa shape index (κ1) is 14.3. The van der Waals surface area contributed by atoms with Gasteiger partial charge in [-0.25, -0.2) is 14.6 Å². The summed E-state index contributed by atoms with van der Waals surface area (Å²) in [6.07, 6.45) is -2.48. The van der Waals surface area contributed by atoms with E-state index in [-0.39, 0.29) is 11.9 Å². The molecular weight excluding hydrogens is 244 g/mol.